The van der Waals surface area contributed by atoms with Crippen LogP contribution in [0, 0.1) is 10.1 Å². The summed E-state index contributed by atoms with van der Waals surface area (Å²) < 4.78 is 38.1. The van der Waals surface area contributed by atoms with Gasteiger partial charge in [-0.25, -0.2) is 0 Å². The number of aliphatic hydroxyl groups is 1. The lowest BCUT2D eigenvalue weighted by molar-refractivity contribution is -0.384. The second-order valence-electron chi connectivity index (χ2n) is 5.20. The van der Waals surface area contributed by atoms with E-state index in [-0.39, 0.29) is 12.3 Å². The SMILES string of the molecule is O=[N+]([O-])c1cc(C(F)(F)F)ccc1NC(CO)Cc1ccccc1. The molecule has 1 atom stereocenters. The van der Waals surface area contributed by atoms with E-state index in [2.05, 4.69) is 5.32 Å². The van der Waals surface area contributed by atoms with Gasteiger partial charge in [0.15, 0.2) is 0 Å². The van der Waals surface area contributed by atoms with Crippen LogP contribution < -0.4 is 5.32 Å². The number of nitrogens with one attached hydrogen (secondary N) is 1. The number of aliphatic hydroxyl groups excluding tert-OH is 1. The van der Waals surface area contributed by atoms with Crippen LogP contribution in [0.4, 0.5) is 24.5 Å². The van der Waals surface area contributed by atoms with E-state index < -0.39 is 28.4 Å². The molecule has 2 aromatic carbocycles. The van der Waals surface area contributed by atoms with E-state index in [1.54, 1.807) is 0 Å². The Balaban J connectivity index is 2.25. The van der Waals surface area contributed by atoms with Gasteiger partial charge in [0.2, 0.25) is 0 Å². The number of nitro groups is 1. The summed E-state index contributed by atoms with van der Waals surface area (Å²) in [5.74, 6) is 0. The van der Waals surface area contributed by atoms with Crippen molar-refractivity contribution in [3.8, 4) is 0 Å². The minimum absolute atomic E-state index is 0.0667. The average molecular weight is 340 g/mol. The Morgan fingerprint density at radius 1 is 1.17 bits per heavy atom. The van der Waals surface area contributed by atoms with Crippen molar-refractivity contribution in [2.24, 2.45) is 0 Å². The second-order valence-corrected chi connectivity index (χ2v) is 5.20. The molecule has 0 bridgehead atoms. The molecule has 0 fully saturated rings. The van der Waals surface area contributed by atoms with E-state index in [0.717, 1.165) is 17.7 Å². The fourth-order valence-corrected chi connectivity index (χ4v) is 2.26. The number of anilines is 1. The number of nitro benzene ring substituents is 1. The van der Waals surface area contributed by atoms with Crippen LogP contribution in [-0.2, 0) is 12.6 Å². The lowest BCUT2D eigenvalue weighted by Crippen LogP contribution is -2.26. The molecule has 1 unspecified atom stereocenters. The fraction of sp³-hybridized carbons (Fsp3) is 0.250. The van der Waals surface area contributed by atoms with Gasteiger partial charge in [-0.05, 0) is 24.1 Å². The van der Waals surface area contributed by atoms with Crippen molar-refractivity contribution in [3.63, 3.8) is 0 Å². The van der Waals surface area contributed by atoms with E-state index in [9.17, 15) is 28.4 Å². The van der Waals surface area contributed by atoms with Gasteiger partial charge in [-0.2, -0.15) is 13.2 Å². The van der Waals surface area contributed by atoms with Gasteiger partial charge < -0.3 is 10.4 Å². The molecule has 0 aromatic heterocycles. The van der Waals surface area contributed by atoms with Gasteiger partial charge >= 0.3 is 6.18 Å². The summed E-state index contributed by atoms with van der Waals surface area (Å²) in [6, 6.07) is 10.8. The summed E-state index contributed by atoms with van der Waals surface area (Å²) in [5, 5.41) is 23.3. The van der Waals surface area contributed by atoms with E-state index >= 15 is 0 Å². The zero-order chi connectivity index (χ0) is 17.7. The largest absolute Gasteiger partial charge is 0.416 e. The number of benzene rings is 2. The highest BCUT2D eigenvalue weighted by molar-refractivity contribution is 5.63. The molecule has 5 nitrogen and oxygen atoms in total. The van der Waals surface area contributed by atoms with Crippen molar-refractivity contribution in [3.05, 3.63) is 69.8 Å². The molecule has 2 N–H and O–H groups in total. The Bertz CT molecular complexity index is 705. The monoisotopic (exact) mass is 340 g/mol. The van der Waals surface area contributed by atoms with E-state index in [1.807, 2.05) is 30.3 Å². The maximum atomic E-state index is 12.7. The molecule has 0 saturated carbocycles. The fourth-order valence-electron chi connectivity index (χ4n) is 2.26. The Kier molecular flexibility index (Phi) is 5.40. The van der Waals surface area contributed by atoms with Crippen molar-refractivity contribution < 1.29 is 23.2 Å². The first-order valence-corrected chi connectivity index (χ1v) is 7.08. The Morgan fingerprint density at radius 3 is 2.38 bits per heavy atom. The summed E-state index contributed by atoms with van der Waals surface area (Å²) in [6.45, 7) is -0.326. The van der Waals surface area contributed by atoms with Crippen LogP contribution in [0.15, 0.2) is 48.5 Å². The van der Waals surface area contributed by atoms with E-state index in [0.29, 0.717) is 12.5 Å². The molecular formula is C16H15F3N2O3. The van der Waals surface area contributed by atoms with Gasteiger partial charge in [-0.3, -0.25) is 10.1 Å². The van der Waals surface area contributed by atoms with Crippen molar-refractivity contribution in [2.45, 2.75) is 18.6 Å². The first-order valence-electron chi connectivity index (χ1n) is 7.08. The van der Waals surface area contributed by atoms with Crippen molar-refractivity contribution in [2.75, 3.05) is 11.9 Å². The molecule has 0 aliphatic rings. The number of rotatable bonds is 6. The van der Waals surface area contributed by atoms with Gasteiger partial charge in [0.25, 0.3) is 5.69 Å². The predicted octanol–water partition coefficient (Wildman–Crippen LogP) is 3.63. The van der Waals surface area contributed by atoms with Crippen LogP contribution in [0.3, 0.4) is 0 Å². The molecular weight excluding hydrogens is 325 g/mol. The number of halogens is 3. The molecule has 0 spiro atoms. The minimum Gasteiger partial charge on any atom is -0.394 e. The van der Waals surface area contributed by atoms with Gasteiger partial charge in [0, 0.05) is 6.07 Å². The minimum atomic E-state index is -4.66. The summed E-state index contributed by atoms with van der Waals surface area (Å²) in [6.07, 6.45) is -4.29. The van der Waals surface area contributed by atoms with Gasteiger partial charge in [0.05, 0.1) is 23.1 Å². The molecule has 24 heavy (non-hydrogen) atoms. The van der Waals surface area contributed by atoms with Gasteiger partial charge in [0.1, 0.15) is 5.69 Å². The third-order valence-electron chi connectivity index (χ3n) is 3.43. The van der Waals surface area contributed by atoms with Crippen LogP contribution in [0.1, 0.15) is 11.1 Å². The van der Waals surface area contributed by atoms with Gasteiger partial charge in [-0.1, -0.05) is 30.3 Å². The third-order valence-corrected chi connectivity index (χ3v) is 3.43. The number of hydrogen-bond donors (Lipinski definition) is 2. The average Bonchev–Trinajstić information content (AvgIpc) is 2.54. The smallest absolute Gasteiger partial charge is 0.394 e. The highest BCUT2D eigenvalue weighted by Gasteiger charge is 2.33. The number of nitrogens with zero attached hydrogens (tertiary/aromatic N) is 1. The van der Waals surface area contributed by atoms with Crippen molar-refractivity contribution in [1.82, 2.24) is 0 Å². The van der Waals surface area contributed by atoms with Crippen LogP contribution in [-0.4, -0.2) is 22.7 Å². The summed E-state index contributed by atoms with van der Waals surface area (Å²) >= 11 is 0. The second kappa shape index (κ2) is 7.31. The van der Waals surface area contributed by atoms with E-state index in [4.69, 9.17) is 0 Å². The maximum absolute atomic E-state index is 12.7. The maximum Gasteiger partial charge on any atom is 0.416 e. The molecule has 2 aromatic rings. The topological polar surface area (TPSA) is 75.4 Å². The first kappa shape index (κ1) is 17.7. The molecule has 0 radical (unpaired) electrons. The lowest BCUT2D eigenvalue weighted by Gasteiger charge is -2.18. The standard InChI is InChI=1S/C16H15F3N2O3/c17-16(18,19)12-6-7-14(15(9-12)21(23)24)20-13(10-22)8-11-4-2-1-3-5-11/h1-7,9,13,20,22H,8,10H2. The predicted molar refractivity (Wildman–Crippen MR) is 82.7 cm³/mol. The van der Waals surface area contributed by atoms with Gasteiger partial charge in [-0.15, -0.1) is 0 Å². The zero-order valence-electron chi connectivity index (χ0n) is 12.5. The van der Waals surface area contributed by atoms with Crippen LogP contribution in [0.5, 0.6) is 0 Å². The Morgan fingerprint density at radius 2 is 1.83 bits per heavy atom. The summed E-state index contributed by atoms with van der Waals surface area (Å²) in [5.41, 5.74) is -0.957. The molecule has 128 valence electrons. The van der Waals surface area contributed by atoms with E-state index in [1.165, 1.54) is 0 Å². The molecule has 0 heterocycles. The normalized spacial score (nSPS) is 12.7. The highest BCUT2D eigenvalue weighted by Crippen LogP contribution is 2.35. The van der Waals surface area contributed by atoms with Crippen molar-refractivity contribution >= 4 is 11.4 Å². The number of alkyl halides is 3. The van der Waals surface area contributed by atoms with Crippen LogP contribution in [0.2, 0.25) is 0 Å². The molecule has 2 rings (SSSR count). The Hall–Kier alpha value is -2.61. The summed E-state index contributed by atoms with van der Waals surface area (Å²) in [7, 11) is 0. The molecule has 0 saturated heterocycles. The highest BCUT2D eigenvalue weighted by atomic mass is 19.4. The summed E-state index contributed by atoms with van der Waals surface area (Å²) in [4.78, 5) is 10.2. The lowest BCUT2D eigenvalue weighted by atomic mass is 10.1. The number of hydrogen-bond acceptors (Lipinski definition) is 4. The third kappa shape index (κ3) is 4.45. The van der Waals surface area contributed by atoms with Crippen LogP contribution in [0.25, 0.3) is 0 Å². The molecule has 0 aliphatic heterocycles. The van der Waals surface area contributed by atoms with Crippen LogP contribution >= 0.6 is 0 Å². The Labute approximate surface area is 135 Å². The zero-order valence-corrected chi connectivity index (χ0v) is 12.5. The quantitative estimate of drug-likeness (QED) is 0.622. The first-order chi connectivity index (χ1) is 11.3. The molecule has 8 heteroatoms. The molecule has 0 aliphatic carbocycles. The molecule has 0 amide bonds. The van der Waals surface area contributed by atoms with Crippen molar-refractivity contribution in [1.29, 1.82) is 0 Å².